The molecule has 1 fully saturated rings. The first-order valence-corrected chi connectivity index (χ1v) is 10.1. The van der Waals surface area contributed by atoms with Gasteiger partial charge >= 0.3 is 10.1 Å². The van der Waals surface area contributed by atoms with Crippen molar-refractivity contribution in [3.05, 3.63) is 65.5 Å². The topological polar surface area (TPSA) is 63.7 Å². The van der Waals surface area contributed by atoms with E-state index in [1.54, 1.807) is 41.3 Å². The van der Waals surface area contributed by atoms with Gasteiger partial charge in [-0.2, -0.15) is 8.42 Å². The second-order valence-electron chi connectivity index (χ2n) is 6.53. The second-order valence-corrected chi connectivity index (χ2v) is 8.10. The van der Waals surface area contributed by atoms with Gasteiger partial charge in [-0.1, -0.05) is 24.3 Å². The molecule has 1 aliphatic rings. The van der Waals surface area contributed by atoms with Crippen molar-refractivity contribution in [2.24, 2.45) is 5.92 Å². The number of amides is 1. The summed E-state index contributed by atoms with van der Waals surface area (Å²) < 4.78 is 40.2. The van der Waals surface area contributed by atoms with Crippen molar-refractivity contribution < 1.29 is 21.8 Å². The lowest BCUT2D eigenvalue weighted by molar-refractivity contribution is -0.133. The second kappa shape index (κ2) is 7.45. The minimum atomic E-state index is -3.57. The first-order chi connectivity index (χ1) is 12.3. The standard InChI is InChI=1S/C19H20FNO4S/c1-26(23,24)25-18-10-4-15(5-11-18)13-21(19(22)16-6-7-16)12-14-2-8-17(20)9-3-14/h2-5,8-11,16H,6-7,12-13H2,1H3. The third kappa shape index (κ3) is 5.29. The summed E-state index contributed by atoms with van der Waals surface area (Å²) in [6.45, 7) is 0.795. The molecule has 0 spiro atoms. The summed E-state index contributed by atoms with van der Waals surface area (Å²) in [7, 11) is -3.57. The molecule has 0 unspecified atom stereocenters. The molecule has 1 aliphatic carbocycles. The Morgan fingerprint density at radius 3 is 2.00 bits per heavy atom. The number of carbonyl (C=O) groups is 1. The number of hydrogen-bond donors (Lipinski definition) is 0. The van der Waals surface area contributed by atoms with Crippen LogP contribution in [-0.4, -0.2) is 25.5 Å². The lowest BCUT2D eigenvalue weighted by atomic mass is 10.1. The molecule has 0 heterocycles. The highest BCUT2D eigenvalue weighted by molar-refractivity contribution is 7.86. The normalized spacial score (nSPS) is 14.1. The average Bonchev–Trinajstić information content (AvgIpc) is 3.41. The highest BCUT2D eigenvalue weighted by Gasteiger charge is 2.33. The first-order valence-electron chi connectivity index (χ1n) is 8.32. The SMILES string of the molecule is CS(=O)(=O)Oc1ccc(CN(Cc2ccc(F)cc2)C(=O)C2CC2)cc1. The van der Waals surface area contributed by atoms with E-state index in [1.807, 2.05) is 0 Å². The molecule has 0 atom stereocenters. The van der Waals surface area contributed by atoms with Crippen LogP contribution in [0.4, 0.5) is 4.39 Å². The Morgan fingerprint density at radius 2 is 1.54 bits per heavy atom. The maximum absolute atomic E-state index is 13.1. The van der Waals surface area contributed by atoms with Crippen molar-refractivity contribution in [3.8, 4) is 5.75 Å². The number of benzene rings is 2. The van der Waals surface area contributed by atoms with E-state index in [1.165, 1.54) is 12.1 Å². The van der Waals surface area contributed by atoms with Crippen LogP contribution in [-0.2, 0) is 28.0 Å². The lowest BCUT2D eigenvalue weighted by Crippen LogP contribution is -2.31. The number of hydrogen-bond acceptors (Lipinski definition) is 4. The predicted octanol–water partition coefficient (Wildman–Crippen LogP) is 3.10. The summed E-state index contributed by atoms with van der Waals surface area (Å²) in [5, 5.41) is 0. The van der Waals surface area contributed by atoms with Gasteiger partial charge in [0.1, 0.15) is 11.6 Å². The summed E-state index contributed by atoms with van der Waals surface area (Å²) in [6, 6.07) is 12.7. The molecule has 0 aromatic heterocycles. The number of nitrogens with zero attached hydrogens (tertiary/aromatic N) is 1. The van der Waals surface area contributed by atoms with Gasteiger partial charge in [0.15, 0.2) is 0 Å². The Bertz CT molecular complexity index is 875. The van der Waals surface area contributed by atoms with Crippen LogP contribution in [0.15, 0.2) is 48.5 Å². The van der Waals surface area contributed by atoms with Crippen LogP contribution < -0.4 is 4.18 Å². The van der Waals surface area contributed by atoms with Crippen LogP contribution in [0.5, 0.6) is 5.75 Å². The fourth-order valence-electron chi connectivity index (χ4n) is 2.66. The molecule has 0 saturated heterocycles. The molecule has 2 aromatic carbocycles. The molecule has 0 radical (unpaired) electrons. The quantitative estimate of drug-likeness (QED) is 0.696. The van der Waals surface area contributed by atoms with Crippen molar-refractivity contribution in [1.82, 2.24) is 4.90 Å². The molecule has 26 heavy (non-hydrogen) atoms. The summed E-state index contributed by atoms with van der Waals surface area (Å²) in [6.07, 6.45) is 2.79. The third-order valence-corrected chi connectivity index (χ3v) is 4.56. The molecule has 0 aliphatic heterocycles. The van der Waals surface area contributed by atoms with Crippen molar-refractivity contribution in [3.63, 3.8) is 0 Å². The monoisotopic (exact) mass is 377 g/mol. The zero-order chi connectivity index (χ0) is 18.7. The highest BCUT2D eigenvalue weighted by atomic mass is 32.2. The lowest BCUT2D eigenvalue weighted by Gasteiger charge is -2.23. The Hall–Kier alpha value is -2.41. The fourth-order valence-corrected chi connectivity index (χ4v) is 3.12. The van der Waals surface area contributed by atoms with Crippen molar-refractivity contribution in [2.75, 3.05) is 6.26 Å². The summed E-state index contributed by atoms with van der Waals surface area (Å²) in [5.74, 6) is 0.0826. The van der Waals surface area contributed by atoms with E-state index < -0.39 is 10.1 Å². The van der Waals surface area contributed by atoms with E-state index in [0.717, 1.165) is 30.2 Å². The van der Waals surface area contributed by atoms with E-state index in [-0.39, 0.29) is 23.4 Å². The zero-order valence-electron chi connectivity index (χ0n) is 14.4. The maximum Gasteiger partial charge on any atom is 0.306 e. The van der Waals surface area contributed by atoms with Crippen LogP contribution in [0, 0.1) is 11.7 Å². The molecule has 7 heteroatoms. The largest absolute Gasteiger partial charge is 0.383 e. The maximum atomic E-state index is 13.1. The van der Waals surface area contributed by atoms with Crippen LogP contribution in [0.2, 0.25) is 0 Å². The molecule has 0 bridgehead atoms. The van der Waals surface area contributed by atoms with Gasteiger partial charge in [-0.05, 0) is 48.2 Å². The number of rotatable bonds is 7. The molecule has 2 aromatic rings. The Morgan fingerprint density at radius 1 is 1.04 bits per heavy atom. The third-order valence-electron chi connectivity index (χ3n) is 4.07. The van der Waals surface area contributed by atoms with Crippen LogP contribution >= 0.6 is 0 Å². The van der Waals surface area contributed by atoms with Gasteiger partial charge in [0.25, 0.3) is 0 Å². The van der Waals surface area contributed by atoms with Crippen LogP contribution in [0.25, 0.3) is 0 Å². The fraction of sp³-hybridized carbons (Fsp3) is 0.316. The van der Waals surface area contributed by atoms with E-state index in [9.17, 15) is 17.6 Å². The van der Waals surface area contributed by atoms with Crippen LogP contribution in [0.1, 0.15) is 24.0 Å². The van der Waals surface area contributed by atoms with Crippen molar-refractivity contribution >= 4 is 16.0 Å². The molecule has 138 valence electrons. The van der Waals surface area contributed by atoms with Gasteiger partial charge in [-0.15, -0.1) is 0 Å². The average molecular weight is 377 g/mol. The van der Waals surface area contributed by atoms with Gasteiger partial charge in [-0.25, -0.2) is 4.39 Å². The van der Waals surface area contributed by atoms with E-state index >= 15 is 0 Å². The summed E-state index contributed by atoms with van der Waals surface area (Å²) in [5.41, 5.74) is 1.72. The van der Waals surface area contributed by atoms with Gasteiger partial charge in [-0.3, -0.25) is 4.79 Å². The molecule has 0 N–H and O–H groups in total. The summed E-state index contributed by atoms with van der Waals surface area (Å²) in [4.78, 5) is 14.3. The van der Waals surface area contributed by atoms with E-state index in [2.05, 4.69) is 0 Å². The van der Waals surface area contributed by atoms with E-state index in [4.69, 9.17) is 4.18 Å². The molecule has 1 amide bonds. The van der Waals surface area contributed by atoms with Gasteiger partial charge in [0.05, 0.1) is 6.26 Å². The summed E-state index contributed by atoms with van der Waals surface area (Å²) >= 11 is 0. The van der Waals surface area contributed by atoms with Gasteiger partial charge < -0.3 is 9.08 Å². The minimum absolute atomic E-state index is 0.0725. The molecule has 1 saturated carbocycles. The Labute approximate surface area is 152 Å². The Kier molecular flexibility index (Phi) is 5.27. The van der Waals surface area contributed by atoms with Gasteiger partial charge in [0.2, 0.25) is 5.91 Å². The molecule has 5 nitrogen and oxygen atoms in total. The molecule has 3 rings (SSSR count). The molecular formula is C19H20FNO4S. The van der Waals surface area contributed by atoms with Gasteiger partial charge in [0, 0.05) is 19.0 Å². The van der Waals surface area contributed by atoms with E-state index in [0.29, 0.717) is 13.1 Å². The predicted molar refractivity (Wildman–Crippen MR) is 95.3 cm³/mol. The van der Waals surface area contributed by atoms with Crippen molar-refractivity contribution in [1.29, 1.82) is 0 Å². The number of halogens is 1. The van der Waals surface area contributed by atoms with Crippen LogP contribution in [0.3, 0.4) is 0 Å². The zero-order valence-corrected chi connectivity index (χ0v) is 15.2. The Balaban J connectivity index is 1.72. The minimum Gasteiger partial charge on any atom is -0.383 e. The smallest absolute Gasteiger partial charge is 0.306 e. The van der Waals surface area contributed by atoms with Crippen molar-refractivity contribution in [2.45, 2.75) is 25.9 Å². The molecular weight excluding hydrogens is 357 g/mol. The first kappa shape index (κ1) is 18.4. The number of carbonyl (C=O) groups excluding carboxylic acids is 1. The highest BCUT2D eigenvalue weighted by Crippen LogP contribution is 2.32.